The summed E-state index contributed by atoms with van der Waals surface area (Å²) in [6.45, 7) is 12.8. The number of carbonyl (C=O) groups excluding carboxylic acids is 4. The first-order valence-corrected chi connectivity index (χ1v) is 16.7. The number of Topliss-reactive ketones (excluding diaryl/α,β-unsaturated/α-hetero) is 2. The second-order valence-electron chi connectivity index (χ2n) is 12.6. The average Bonchev–Trinajstić information content (AvgIpc) is 3.61. The van der Waals surface area contributed by atoms with Gasteiger partial charge < -0.3 is 19.3 Å². The maximum Gasteiger partial charge on any atom is 0.244 e. The van der Waals surface area contributed by atoms with Gasteiger partial charge in [-0.1, -0.05) is 41.5 Å². The molecule has 0 bridgehead atoms. The van der Waals surface area contributed by atoms with Crippen molar-refractivity contribution in [3.63, 3.8) is 0 Å². The number of amides is 2. The number of aromatic nitrogens is 4. The third-order valence-corrected chi connectivity index (χ3v) is 8.34. The van der Waals surface area contributed by atoms with Crippen molar-refractivity contribution in [2.75, 3.05) is 40.4 Å². The minimum atomic E-state index is -0.253. The van der Waals surface area contributed by atoms with E-state index in [2.05, 4.69) is 10.2 Å². The molecule has 0 unspecified atom stereocenters. The van der Waals surface area contributed by atoms with Crippen molar-refractivity contribution in [3.05, 3.63) is 47.8 Å². The number of hydrogen-bond donors (Lipinski definition) is 0. The van der Waals surface area contributed by atoms with Crippen molar-refractivity contribution in [1.82, 2.24) is 29.4 Å². The number of fused-ring (bicyclic) bond motifs is 2. The smallest absolute Gasteiger partial charge is 0.244 e. The number of hydrogen-bond acceptors (Lipinski definition) is 8. The van der Waals surface area contributed by atoms with Gasteiger partial charge in [0.2, 0.25) is 11.8 Å². The predicted octanol–water partition coefficient (Wildman–Crippen LogP) is 5.26. The molecule has 48 heavy (non-hydrogen) atoms. The van der Waals surface area contributed by atoms with Crippen LogP contribution in [0.5, 0.6) is 11.5 Å². The van der Waals surface area contributed by atoms with E-state index in [-0.39, 0.29) is 48.3 Å². The Morgan fingerprint density at radius 2 is 1.02 bits per heavy atom. The molecule has 2 aromatic heterocycles. The van der Waals surface area contributed by atoms with Gasteiger partial charge in [-0.25, -0.2) is 0 Å². The Balaban J connectivity index is 1.55. The van der Waals surface area contributed by atoms with E-state index in [1.54, 1.807) is 69.8 Å². The highest BCUT2D eigenvalue weighted by Crippen LogP contribution is 2.27. The van der Waals surface area contributed by atoms with Crippen LogP contribution >= 0.6 is 0 Å². The van der Waals surface area contributed by atoms with Gasteiger partial charge in [0.15, 0.2) is 11.6 Å². The van der Waals surface area contributed by atoms with Crippen LogP contribution in [0, 0.1) is 11.8 Å². The molecular weight excluding hydrogens is 612 g/mol. The van der Waals surface area contributed by atoms with Crippen LogP contribution in [0.2, 0.25) is 0 Å². The Hall–Kier alpha value is -4.74. The molecule has 12 nitrogen and oxygen atoms in total. The van der Waals surface area contributed by atoms with Crippen LogP contribution in [0.25, 0.3) is 21.8 Å². The van der Waals surface area contributed by atoms with Crippen LogP contribution in [-0.4, -0.2) is 93.1 Å². The standard InChI is InChI=1S/C36H48N6O6/c1-9-15-39(31(43)21-41-29-19-25(47-7)11-13-27(29)33(37-41)35(45)23(3)4)17-18-40(16-10-2)32(44)22-42-30-20-26(48-8)12-14-28(30)34(38-42)36(46)24(5)6/h11-14,19-20,23-24H,9-10,15-18,21-22H2,1-8H3. The largest absolute Gasteiger partial charge is 0.497 e. The number of methoxy groups -OCH3 is 2. The molecule has 2 aromatic carbocycles. The van der Waals surface area contributed by atoms with Gasteiger partial charge in [0.1, 0.15) is 36.0 Å². The molecule has 0 aliphatic carbocycles. The molecule has 4 aromatic rings. The Kier molecular flexibility index (Phi) is 12.0. The van der Waals surface area contributed by atoms with Crippen molar-refractivity contribution >= 4 is 45.2 Å². The Bertz CT molecular complexity index is 1660. The lowest BCUT2D eigenvalue weighted by atomic mass is 10.0. The second kappa shape index (κ2) is 15.9. The number of ketones is 2. The lowest BCUT2D eigenvalue weighted by Crippen LogP contribution is -2.43. The molecule has 0 spiro atoms. The highest BCUT2D eigenvalue weighted by Gasteiger charge is 2.25. The Labute approximate surface area is 281 Å². The summed E-state index contributed by atoms with van der Waals surface area (Å²) in [5, 5.41) is 10.5. The molecule has 0 aliphatic heterocycles. The van der Waals surface area contributed by atoms with Crippen LogP contribution in [0.4, 0.5) is 0 Å². The highest BCUT2D eigenvalue weighted by atomic mass is 16.5. The van der Waals surface area contributed by atoms with Crippen molar-refractivity contribution in [2.45, 2.75) is 67.5 Å². The van der Waals surface area contributed by atoms with Crippen molar-refractivity contribution < 1.29 is 28.7 Å². The summed E-state index contributed by atoms with van der Waals surface area (Å²) in [5.74, 6) is 0.163. The fourth-order valence-corrected chi connectivity index (χ4v) is 5.67. The third-order valence-electron chi connectivity index (χ3n) is 8.34. The summed E-state index contributed by atoms with van der Waals surface area (Å²) in [6.07, 6.45) is 1.46. The van der Waals surface area contributed by atoms with Gasteiger partial charge in [0, 0.05) is 60.9 Å². The zero-order chi connectivity index (χ0) is 35.1. The van der Waals surface area contributed by atoms with E-state index in [1.165, 1.54) is 0 Å². The first-order chi connectivity index (χ1) is 22.9. The van der Waals surface area contributed by atoms with Crippen LogP contribution < -0.4 is 9.47 Å². The summed E-state index contributed by atoms with van der Waals surface area (Å²) in [5.41, 5.74) is 1.95. The maximum absolute atomic E-state index is 13.8. The minimum Gasteiger partial charge on any atom is -0.497 e. The van der Waals surface area contributed by atoms with Gasteiger partial charge >= 0.3 is 0 Å². The van der Waals surface area contributed by atoms with Crippen LogP contribution in [0.3, 0.4) is 0 Å². The quantitative estimate of drug-likeness (QED) is 0.140. The first-order valence-electron chi connectivity index (χ1n) is 16.7. The lowest BCUT2D eigenvalue weighted by Gasteiger charge is -2.28. The SMILES string of the molecule is CCCN(CCN(CCC)C(=O)Cn1nc(C(=O)C(C)C)c2ccc(OC)cc21)C(=O)Cn1nc(C(=O)C(C)C)c2ccc(OC)cc21. The van der Waals surface area contributed by atoms with Crippen molar-refractivity contribution in [1.29, 1.82) is 0 Å². The van der Waals surface area contributed by atoms with Crippen LogP contribution in [-0.2, 0) is 22.7 Å². The van der Waals surface area contributed by atoms with Gasteiger partial charge in [0.25, 0.3) is 0 Å². The molecule has 0 N–H and O–H groups in total. The third kappa shape index (κ3) is 7.86. The lowest BCUT2D eigenvalue weighted by molar-refractivity contribution is -0.136. The molecule has 0 fully saturated rings. The van der Waals surface area contributed by atoms with Gasteiger partial charge in [0.05, 0.1) is 25.3 Å². The van der Waals surface area contributed by atoms with E-state index in [0.717, 1.165) is 12.8 Å². The summed E-state index contributed by atoms with van der Waals surface area (Å²) in [4.78, 5) is 57.0. The molecule has 0 atom stereocenters. The normalized spacial score (nSPS) is 11.5. The molecule has 0 saturated carbocycles. The molecule has 4 rings (SSSR count). The summed E-state index contributed by atoms with van der Waals surface area (Å²) in [6, 6.07) is 10.7. The number of nitrogens with zero attached hydrogens (tertiary/aromatic N) is 6. The Morgan fingerprint density at radius 3 is 1.33 bits per heavy atom. The minimum absolute atomic E-state index is 0.0649. The van der Waals surface area contributed by atoms with Gasteiger partial charge in [-0.3, -0.25) is 28.5 Å². The number of carbonyl (C=O) groups is 4. The molecule has 0 radical (unpaired) electrons. The fourth-order valence-electron chi connectivity index (χ4n) is 5.67. The zero-order valence-electron chi connectivity index (χ0n) is 29.4. The van der Waals surface area contributed by atoms with E-state index in [4.69, 9.17) is 9.47 Å². The topological polar surface area (TPSA) is 129 Å². The van der Waals surface area contributed by atoms with Gasteiger partial charge in [-0.2, -0.15) is 10.2 Å². The molecule has 12 heteroatoms. The van der Waals surface area contributed by atoms with E-state index in [9.17, 15) is 19.2 Å². The highest BCUT2D eigenvalue weighted by molar-refractivity contribution is 6.08. The van der Waals surface area contributed by atoms with Crippen molar-refractivity contribution in [3.8, 4) is 11.5 Å². The Morgan fingerprint density at radius 1 is 0.646 bits per heavy atom. The first kappa shape index (κ1) is 36.1. The number of ether oxygens (including phenoxy) is 2. The summed E-state index contributed by atoms with van der Waals surface area (Å²) in [7, 11) is 3.13. The second-order valence-corrected chi connectivity index (χ2v) is 12.6. The predicted molar refractivity (Wildman–Crippen MR) is 185 cm³/mol. The number of rotatable bonds is 17. The number of benzene rings is 2. The van der Waals surface area contributed by atoms with Crippen LogP contribution in [0.15, 0.2) is 36.4 Å². The maximum atomic E-state index is 13.8. The fraction of sp³-hybridized carbons (Fsp3) is 0.500. The van der Waals surface area contributed by atoms with E-state index >= 15 is 0 Å². The summed E-state index contributed by atoms with van der Waals surface area (Å²) < 4.78 is 14.0. The molecule has 0 aliphatic rings. The molecular formula is C36H48N6O6. The van der Waals surface area contributed by atoms with E-state index in [0.29, 0.717) is 70.9 Å². The van der Waals surface area contributed by atoms with E-state index in [1.807, 2.05) is 41.5 Å². The van der Waals surface area contributed by atoms with Gasteiger partial charge in [-0.05, 0) is 37.1 Å². The monoisotopic (exact) mass is 660 g/mol. The van der Waals surface area contributed by atoms with E-state index < -0.39 is 0 Å². The molecule has 2 heterocycles. The summed E-state index contributed by atoms with van der Waals surface area (Å²) >= 11 is 0. The van der Waals surface area contributed by atoms with Gasteiger partial charge in [-0.15, -0.1) is 0 Å². The zero-order valence-corrected chi connectivity index (χ0v) is 29.4. The van der Waals surface area contributed by atoms with Crippen LogP contribution in [0.1, 0.15) is 75.4 Å². The molecule has 2 amide bonds. The molecule has 258 valence electrons. The van der Waals surface area contributed by atoms with Crippen molar-refractivity contribution in [2.24, 2.45) is 11.8 Å². The average molecular weight is 661 g/mol. The molecule has 0 saturated heterocycles.